The maximum absolute atomic E-state index is 5.85. The summed E-state index contributed by atoms with van der Waals surface area (Å²) in [4.78, 5) is 0. The van der Waals surface area contributed by atoms with Crippen LogP contribution in [0.2, 0.25) is 0 Å². The van der Waals surface area contributed by atoms with Crippen molar-refractivity contribution < 1.29 is 4.74 Å². The fraction of sp³-hybridized carbons (Fsp3) is 0.571. The molecular weight excluding hydrogens is 216 g/mol. The van der Waals surface area contributed by atoms with E-state index in [9.17, 15) is 0 Å². The second-order valence-corrected chi connectivity index (χ2v) is 5.11. The molecule has 0 saturated heterocycles. The maximum Gasteiger partial charge on any atom is 0.119 e. The molecule has 0 aromatic heterocycles. The lowest BCUT2D eigenvalue weighted by Gasteiger charge is -2.40. The molecule has 0 bridgehead atoms. The summed E-state index contributed by atoms with van der Waals surface area (Å²) in [6.07, 6.45) is 4.95. The summed E-state index contributed by atoms with van der Waals surface area (Å²) in [5.41, 5.74) is 1.71. The van der Waals surface area contributed by atoms with Crippen LogP contribution in [0.15, 0.2) is 24.3 Å². The number of benzene rings is 1. The van der Waals surface area contributed by atoms with Crippen LogP contribution < -0.4 is 4.74 Å². The Morgan fingerprint density at radius 3 is 2.38 bits per heavy atom. The Morgan fingerprint density at radius 2 is 1.94 bits per heavy atom. The Balaban J connectivity index is 1.89. The number of hydrogen-bond acceptors (Lipinski definition) is 2. The minimum absolute atomic E-state index is 0.354. The van der Waals surface area contributed by atoms with Gasteiger partial charge in [0.05, 0.1) is 6.61 Å². The molecule has 2 heteroatoms. The van der Waals surface area contributed by atoms with Crippen molar-refractivity contribution in [2.75, 3.05) is 12.4 Å². The average molecular weight is 236 g/mol. The normalized spacial score (nSPS) is 17.9. The number of aryl methyl sites for hydroxylation is 1. The number of ether oxygens (including phenoxy) is 1. The zero-order valence-corrected chi connectivity index (χ0v) is 10.8. The highest BCUT2D eigenvalue weighted by molar-refractivity contribution is 7.80. The van der Waals surface area contributed by atoms with Crippen LogP contribution in [0.1, 0.15) is 31.7 Å². The van der Waals surface area contributed by atoms with Gasteiger partial charge in [-0.25, -0.2) is 0 Å². The summed E-state index contributed by atoms with van der Waals surface area (Å²) in [5.74, 6) is 1.94. The fourth-order valence-corrected chi connectivity index (χ4v) is 2.49. The SMILES string of the molecule is CCc1ccc(OCC2(CS)CCC2)cc1. The zero-order chi connectivity index (χ0) is 11.4. The van der Waals surface area contributed by atoms with Crippen molar-refractivity contribution in [1.82, 2.24) is 0 Å². The molecule has 16 heavy (non-hydrogen) atoms. The van der Waals surface area contributed by atoms with Gasteiger partial charge in [-0.3, -0.25) is 0 Å². The standard InChI is InChI=1S/C14H20OS/c1-2-12-4-6-13(7-5-12)15-10-14(11-16)8-3-9-14/h4-7,16H,2-3,8-11H2,1H3. The zero-order valence-electron chi connectivity index (χ0n) is 9.91. The molecule has 0 amide bonds. The van der Waals surface area contributed by atoms with Crippen LogP contribution in [0, 0.1) is 5.41 Å². The van der Waals surface area contributed by atoms with Crippen molar-refractivity contribution in [2.24, 2.45) is 5.41 Å². The van der Waals surface area contributed by atoms with Crippen LogP contribution in [0.3, 0.4) is 0 Å². The molecule has 0 N–H and O–H groups in total. The highest BCUT2D eigenvalue weighted by Gasteiger charge is 2.36. The molecule has 0 atom stereocenters. The van der Waals surface area contributed by atoms with Gasteiger partial charge in [0.1, 0.15) is 5.75 Å². The van der Waals surface area contributed by atoms with Crippen LogP contribution in [0.5, 0.6) is 5.75 Å². The summed E-state index contributed by atoms with van der Waals surface area (Å²) in [5, 5.41) is 0. The van der Waals surface area contributed by atoms with Gasteiger partial charge in [0.25, 0.3) is 0 Å². The molecule has 1 aliphatic carbocycles. The first-order valence-electron chi connectivity index (χ1n) is 6.11. The van der Waals surface area contributed by atoms with E-state index in [4.69, 9.17) is 4.74 Å². The van der Waals surface area contributed by atoms with E-state index in [1.54, 1.807) is 0 Å². The topological polar surface area (TPSA) is 9.23 Å². The van der Waals surface area contributed by atoms with Crippen LogP contribution in [-0.4, -0.2) is 12.4 Å². The predicted molar refractivity (Wildman–Crippen MR) is 71.5 cm³/mol. The second-order valence-electron chi connectivity index (χ2n) is 4.80. The predicted octanol–water partition coefficient (Wildman–Crippen LogP) is 3.73. The summed E-state index contributed by atoms with van der Waals surface area (Å²) in [6.45, 7) is 2.99. The first-order chi connectivity index (χ1) is 7.78. The maximum atomic E-state index is 5.85. The van der Waals surface area contributed by atoms with Crippen LogP contribution >= 0.6 is 12.6 Å². The Morgan fingerprint density at radius 1 is 1.25 bits per heavy atom. The molecule has 1 saturated carbocycles. The smallest absolute Gasteiger partial charge is 0.119 e. The van der Waals surface area contributed by atoms with E-state index in [0.717, 1.165) is 24.5 Å². The molecule has 0 heterocycles. The Labute approximate surface area is 104 Å². The highest BCUT2D eigenvalue weighted by Crippen LogP contribution is 2.42. The lowest BCUT2D eigenvalue weighted by molar-refractivity contribution is 0.0829. The van der Waals surface area contributed by atoms with Gasteiger partial charge < -0.3 is 4.74 Å². The first kappa shape index (κ1) is 11.8. The molecule has 2 rings (SSSR count). The van der Waals surface area contributed by atoms with Crippen molar-refractivity contribution in [3.05, 3.63) is 29.8 Å². The van der Waals surface area contributed by atoms with Gasteiger partial charge in [0.2, 0.25) is 0 Å². The Bertz CT molecular complexity index is 322. The van der Waals surface area contributed by atoms with Gasteiger partial charge in [-0.1, -0.05) is 25.5 Å². The lowest BCUT2D eigenvalue weighted by Crippen LogP contribution is -2.37. The molecule has 0 radical (unpaired) electrons. The van der Waals surface area contributed by atoms with Gasteiger partial charge in [0.15, 0.2) is 0 Å². The Hall–Kier alpha value is -0.630. The molecule has 88 valence electrons. The summed E-state index contributed by atoms with van der Waals surface area (Å²) in [6, 6.07) is 8.43. The minimum atomic E-state index is 0.354. The van der Waals surface area contributed by atoms with E-state index in [2.05, 4.69) is 43.8 Å². The van der Waals surface area contributed by atoms with E-state index < -0.39 is 0 Å². The summed E-state index contributed by atoms with van der Waals surface area (Å²) in [7, 11) is 0. The van der Waals surface area contributed by atoms with Crippen molar-refractivity contribution in [3.8, 4) is 5.75 Å². The van der Waals surface area contributed by atoms with E-state index in [1.165, 1.54) is 24.8 Å². The third kappa shape index (κ3) is 2.54. The fourth-order valence-electron chi connectivity index (χ4n) is 2.08. The van der Waals surface area contributed by atoms with E-state index in [1.807, 2.05) is 0 Å². The molecule has 0 unspecified atom stereocenters. The molecule has 0 aliphatic heterocycles. The summed E-state index contributed by atoms with van der Waals surface area (Å²) < 4.78 is 5.85. The quantitative estimate of drug-likeness (QED) is 0.766. The number of rotatable bonds is 5. The third-order valence-electron chi connectivity index (χ3n) is 3.63. The van der Waals surface area contributed by atoms with Gasteiger partial charge in [-0.05, 0) is 42.7 Å². The Kier molecular flexibility index (Phi) is 3.80. The van der Waals surface area contributed by atoms with E-state index >= 15 is 0 Å². The van der Waals surface area contributed by atoms with E-state index in [0.29, 0.717) is 5.41 Å². The number of thiol groups is 1. The number of hydrogen-bond donors (Lipinski definition) is 1. The first-order valence-corrected chi connectivity index (χ1v) is 6.74. The largest absolute Gasteiger partial charge is 0.493 e. The van der Waals surface area contributed by atoms with Crippen LogP contribution in [-0.2, 0) is 6.42 Å². The van der Waals surface area contributed by atoms with Crippen LogP contribution in [0.25, 0.3) is 0 Å². The van der Waals surface area contributed by atoms with Gasteiger partial charge in [0, 0.05) is 5.41 Å². The molecule has 1 nitrogen and oxygen atoms in total. The monoisotopic (exact) mass is 236 g/mol. The minimum Gasteiger partial charge on any atom is -0.493 e. The van der Waals surface area contributed by atoms with Crippen LogP contribution in [0.4, 0.5) is 0 Å². The average Bonchev–Trinajstić information content (AvgIpc) is 2.29. The molecule has 1 aliphatic rings. The molecule has 1 aromatic carbocycles. The molecular formula is C14H20OS. The lowest BCUT2D eigenvalue weighted by atomic mass is 9.71. The highest BCUT2D eigenvalue weighted by atomic mass is 32.1. The molecule has 1 aromatic rings. The van der Waals surface area contributed by atoms with Crippen molar-refractivity contribution in [3.63, 3.8) is 0 Å². The van der Waals surface area contributed by atoms with Crippen molar-refractivity contribution >= 4 is 12.6 Å². The third-order valence-corrected chi connectivity index (χ3v) is 4.30. The molecule has 0 spiro atoms. The second kappa shape index (κ2) is 5.13. The van der Waals surface area contributed by atoms with Crippen molar-refractivity contribution in [1.29, 1.82) is 0 Å². The van der Waals surface area contributed by atoms with Crippen molar-refractivity contribution in [2.45, 2.75) is 32.6 Å². The van der Waals surface area contributed by atoms with E-state index in [-0.39, 0.29) is 0 Å². The summed E-state index contributed by atoms with van der Waals surface area (Å²) >= 11 is 4.43. The van der Waals surface area contributed by atoms with Gasteiger partial charge in [-0.2, -0.15) is 12.6 Å². The molecule has 1 fully saturated rings. The van der Waals surface area contributed by atoms with Gasteiger partial charge in [-0.15, -0.1) is 0 Å². The van der Waals surface area contributed by atoms with Gasteiger partial charge >= 0.3 is 0 Å².